The van der Waals surface area contributed by atoms with E-state index >= 15 is 0 Å². The molecule has 3 saturated carbocycles. The highest BCUT2D eigenvalue weighted by Crippen LogP contribution is 2.65. The molecule has 0 spiro atoms. The number of benzene rings is 1. The topological polar surface area (TPSA) is 76.7 Å². The predicted molar refractivity (Wildman–Crippen MR) is 130 cm³/mol. The van der Waals surface area contributed by atoms with Crippen molar-refractivity contribution in [2.45, 2.75) is 71.5 Å². The largest absolute Gasteiger partial charge is 0.481 e. The number of hydrogen-bond donors (Lipinski definition) is 2. The summed E-state index contributed by atoms with van der Waals surface area (Å²) in [5, 5.41) is 6.34. The van der Waals surface area contributed by atoms with Crippen molar-refractivity contribution >= 4 is 42.1 Å². The molecule has 1 aromatic rings. The molecule has 180 valence electrons. The van der Waals surface area contributed by atoms with Crippen molar-refractivity contribution in [2.75, 3.05) is 6.54 Å². The van der Waals surface area contributed by atoms with Crippen LogP contribution in [0.3, 0.4) is 0 Å². The molecule has 1 saturated heterocycles. The Kier molecular flexibility index (Phi) is 6.82. The highest BCUT2D eigenvalue weighted by Gasteiger charge is 2.68. The van der Waals surface area contributed by atoms with Crippen LogP contribution in [0.2, 0.25) is 10.0 Å². The minimum absolute atomic E-state index is 0.0514. The first kappa shape index (κ1) is 24.8. The first-order valence-electron chi connectivity index (χ1n) is 11.8. The Bertz CT molecular complexity index is 943. The Balaban J connectivity index is 1.39. The third kappa shape index (κ3) is 4.66. The number of carbonyl (C=O) groups excluding carboxylic acids is 2. The fraction of sp³-hybridized carbons (Fsp3) is 0.667. The Morgan fingerprint density at radius 3 is 2.61 bits per heavy atom. The van der Waals surface area contributed by atoms with Gasteiger partial charge in [-0.1, -0.05) is 50.9 Å². The number of hydrogen-bond acceptors (Lipinski definition) is 4. The molecule has 2 bridgehead atoms. The molecule has 4 aliphatic rings. The summed E-state index contributed by atoms with van der Waals surface area (Å²) < 4.78 is 13.0. The van der Waals surface area contributed by atoms with Crippen LogP contribution in [0.4, 0.5) is 0 Å². The molecular formula is C24H33BCl2N2O4. The summed E-state index contributed by atoms with van der Waals surface area (Å²) in [6, 6.07) is 4.64. The molecule has 33 heavy (non-hydrogen) atoms. The van der Waals surface area contributed by atoms with Gasteiger partial charge in [0.05, 0.1) is 34.8 Å². The van der Waals surface area contributed by atoms with E-state index in [9.17, 15) is 9.59 Å². The monoisotopic (exact) mass is 494 g/mol. The first-order chi connectivity index (χ1) is 15.4. The summed E-state index contributed by atoms with van der Waals surface area (Å²) in [4.78, 5) is 25.2. The zero-order chi connectivity index (χ0) is 24.1. The van der Waals surface area contributed by atoms with Crippen molar-refractivity contribution in [2.24, 2.45) is 23.2 Å². The van der Waals surface area contributed by atoms with E-state index in [1.54, 1.807) is 12.1 Å². The van der Waals surface area contributed by atoms with E-state index in [0.29, 0.717) is 29.2 Å². The molecule has 0 unspecified atom stereocenters. The number of rotatable bonds is 7. The zero-order valence-corrected chi connectivity index (χ0v) is 21.4. The molecule has 1 aliphatic heterocycles. The van der Waals surface area contributed by atoms with Crippen LogP contribution in [0.5, 0.6) is 0 Å². The summed E-state index contributed by atoms with van der Waals surface area (Å²) in [7, 11) is -0.500. The summed E-state index contributed by atoms with van der Waals surface area (Å²) in [5.74, 6) is 0.399. The average Bonchev–Trinajstić information content (AvgIpc) is 3.10. The normalized spacial score (nSPS) is 30.4. The van der Waals surface area contributed by atoms with Crippen molar-refractivity contribution in [3.05, 3.63) is 33.8 Å². The second-order valence-electron chi connectivity index (χ2n) is 10.9. The molecule has 9 heteroatoms. The SMILES string of the molecule is CC(C)C[C@H](NC(=O)CNC(=O)c1cc(Cl)ccc1Cl)B1O[C@@H]2C[C@@H]3C[C@@H](C3(C)C)[C@]2(C)O1. The summed E-state index contributed by atoms with van der Waals surface area (Å²) in [5.41, 5.74) is 0.156. The van der Waals surface area contributed by atoms with Crippen LogP contribution < -0.4 is 10.6 Å². The molecule has 6 nitrogen and oxygen atoms in total. The number of carbonyl (C=O) groups is 2. The lowest BCUT2D eigenvalue weighted by atomic mass is 9.43. The standard InChI is InChI=1S/C24H33BCl2N2O4/c1-13(2)8-20(25-32-19-10-14-9-18(23(14,3)4)24(19,5)33-25)29-21(30)12-28-22(31)16-11-15(26)6-7-17(16)27/h6-7,11,13-14,18-20H,8-10,12H2,1-5H3,(H,28,31)(H,29,30)/t14-,18-,19+,20-,24-/m0/s1. The molecule has 2 amide bonds. The van der Waals surface area contributed by atoms with E-state index in [4.69, 9.17) is 32.5 Å². The number of halogens is 2. The lowest BCUT2D eigenvalue weighted by Gasteiger charge is -2.64. The van der Waals surface area contributed by atoms with Crippen molar-refractivity contribution in [1.82, 2.24) is 10.6 Å². The fourth-order valence-corrected chi connectivity index (χ4v) is 6.38. The Morgan fingerprint density at radius 2 is 1.94 bits per heavy atom. The van der Waals surface area contributed by atoms with Gasteiger partial charge in [-0.05, 0) is 67.6 Å². The molecule has 1 heterocycles. The Labute approximate surface area is 206 Å². The quantitative estimate of drug-likeness (QED) is 0.546. The van der Waals surface area contributed by atoms with E-state index in [2.05, 4.69) is 45.3 Å². The van der Waals surface area contributed by atoms with E-state index < -0.39 is 13.0 Å². The van der Waals surface area contributed by atoms with E-state index in [0.717, 1.165) is 6.42 Å². The van der Waals surface area contributed by atoms with Gasteiger partial charge in [0.25, 0.3) is 5.91 Å². The zero-order valence-electron chi connectivity index (χ0n) is 19.9. The van der Waals surface area contributed by atoms with Gasteiger partial charge in [-0.3, -0.25) is 9.59 Å². The summed E-state index contributed by atoms with van der Waals surface area (Å²) in [6.45, 7) is 10.8. The molecule has 5 atom stereocenters. The third-order valence-corrected chi connectivity index (χ3v) is 8.52. The second kappa shape index (κ2) is 9.06. The van der Waals surface area contributed by atoms with Crippen molar-refractivity contribution in [3.63, 3.8) is 0 Å². The molecule has 4 fully saturated rings. The van der Waals surface area contributed by atoms with Gasteiger partial charge in [0.15, 0.2) is 0 Å². The van der Waals surface area contributed by atoms with Crippen LogP contribution in [0, 0.1) is 23.2 Å². The third-order valence-electron chi connectivity index (χ3n) is 7.95. The van der Waals surface area contributed by atoms with Crippen LogP contribution >= 0.6 is 23.2 Å². The molecular weight excluding hydrogens is 462 g/mol. The van der Waals surface area contributed by atoms with Crippen LogP contribution in [0.1, 0.15) is 64.2 Å². The maximum absolute atomic E-state index is 12.8. The van der Waals surface area contributed by atoms with E-state index in [1.807, 2.05) is 0 Å². The second-order valence-corrected chi connectivity index (χ2v) is 11.8. The lowest BCUT2D eigenvalue weighted by molar-refractivity contribution is -0.199. The van der Waals surface area contributed by atoms with Crippen LogP contribution in [0.25, 0.3) is 0 Å². The molecule has 2 N–H and O–H groups in total. The van der Waals surface area contributed by atoms with E-state index in [1.165, 1.54) is 12.5 Å². The van der Waals surface area contributed by atoms with Gasteiger partial charge in [-0.2, -0.15) is 0 Å². The minimum atomic E-state index is -0.500. The maximum atomic E-state index is 12.8. The number of nitrogens with one attached hydrogen (secondary N) is 2. The number of amides is 2. The van der Waals surface area contributed by atoms with Crippen LogP contribution in [0.15, 0.2) is 18.2 Å². The highest BCUT2D eigenvalue weighted by molar-refractivity contribution is 6.48. The summed E-state index contributed by atoms with van der Waals surface area (Å²) >= 11 is 12.1. The van der Waals surface area contributed by atoms with Crippen molar-refractivity contribution in [3.8, 4) is 0 Å². The molecule has 0 radical (unpaired) electrons. The van der Waals surface area contributed by atoms with Gasteiger partial charge >= 0.3 is 7.12 Å². The first-order valence-corrected chi connectivity index (χ1v) is 12.5. The van der Waals surface area contributed by atoms with Crippen molar-refractivity contribution in [1.29, 1.82) is 0 Å². The Morgan fingerprint density at radius 1 is 1.21 bits per heavy atom. The van der Waals surface area contributed by atoms with Gasteiger partial charge in [0, 0.05) is 5.02 Å². The molecule has 5 rings (SSSR count). The minimum Gasteiger partial charge on any atom is -0.404 e. The van der Waals surface area contributed by atoms with Crippen LogP contribution in [-0.4, -0.2) is 43.1 Å². The fourth-order valence-electron chi connectivity index (χ4n) is 6.00. The highest BCUT2D eigenvalue weighted by atomic mass is 35.5. The van der Waals surface area contributed by atoms with Gasteiger partial charge in [0.2, 0.25) is 5.91 Å². The van der Waals surface area contributed by atoms with E-state index in [-0.39, 0.29) is 46.1 Å². The molecule has 0 aromatic heterocycles. The maximum Gasteiger partial charge on any atom is 0.481 e. The smallest absolute Gasteiger partial charge is 0.404 e. The van der Waals surface area contributed by atoms with Gasteiger partial charge in [-0.15, -0.1) is 0 Å². The van der Waals surface area contributed by atoms with Crippen LogP contribution in [-0.2, 0) is 14.1 Å². The predicted octanol–water partition coefficient (Wildman–Crippen LogP) is 4.52. The van der Waals surface area contributed by atoms with Gasteiger partial charge in [-0.25, -0.2) is 0 Å². The average molecular weight is 495 g/mol. The Hall–Kier alpha value is -1.28. The van der Waals surface area contributed by atoms with Gasteiger partial charge in [0.1, 0.15) is 0 Å². The molecule has 3 aliphatic carbocycles. The van der Waals surface area contributed by atoms with Gasteiger partial charge < -0.3 is 19.9 Å². The molecule has 1 aromatic carbocycles. The lowest BCUT2D eigenvalue weighted by Crippen LogP contribution is -2.65. The summed E-state index contributed by atoms with van der Waals surface area (Å²) in [6.07, 6.45) is 2.94. The van der Waals surface area contributed by atoms with Crippen molar-refractivity contribution < 1.29 is 18.9 Å².